The number of nitrogens with zero attached hydrogens (tertiary/aromatic N) is 5. The summed E-state index contributed by atoms with van der Waals surface area (Å²) in [6.07, 6.45) is 8.22. The molecule has 144 valence electrons. The van der Waals surface area contributed by atoms with Crippen LogP contribution in [-0.4, -0.2) is 57.4 Å². The molecule has 0 bridgehead atoms. The van der Waals surface area contributed by atoms with Crippen LogP contribution in [0.25, 0.3) is 0 Å². The number of halogens is 2. The highest BCUT2D eigenvalue weighted by atomic mass is 35.5. The van der Waals surface area contributed by atoms with Gasteiger partial charge in [-0.15, -0.1) is 35.0 Å². The average molecular weight is 399 g/mol. The van der Waals surface area contributed by atoms with E-state index in [-0.39, 0.29) is 24.8 Å². The van der Waals surface area contributed by atoms with Crippen molar-refractivity contribution in [2.24, 2.45) is 5.92 Å². The highest BCUT2D eigenvalue weighted by Gasteiger charge is 2.22. The minimum absolute atomic E-state index is 0. The van der Waals surface area contributed by atoms with Crippen molar-refractivity contribution in [3.05, 3.63) is 41.7 Å². The molecule has 2 aromatic heterocycles. The molecule has 1 atom stereocenters. The van der Waals surface area contributed by atoms with Gasteiger partial charge in [-0.2, -0.15) is 0 Å². The van der Waals surface area contributed by atoms with E-state index in [1.165, 1.54) is 38.0 Å². The Kier molecular flexibility index (Phi) is 8.28. The number of rotatable bonds is 4. The van der Waals surface area contributed by atoms with Gasteiger partial charge in [0, 0.05) is 51.4 Å². The smallest absolute Gasteiger partial charge is 0.137 e. The summed E-state index contributed by atoms with van der Waals surface area (Å²) in [4.78, 5) is 6.81. The summed E-state index contributed by atoms with van der Waals surface area (Å²) in [5.74, 6) is 3.01. The molecule has 26 heavy (non-hydrogen) atoms. The molecule has 2 aliphatic rings. The molecule has 0 spiro atoms. The normalized spacial score (nSPS) is 20.4. The summed E-state index contributed by atoms with van der Waals surface area (Å²) in [7, 11) is 0. The largest absolute Gasteiger partial charge is 0.316 e. The average Bonchev–Trinajstić information content (AvgIpc) is 2.89. The predicted octanol–water partition coefficient (Wildman–Crippen LogP) is 1.97. The fourth-order valence-corrected chi connectivity index (χ4v) is 3.87. The first kappa shape index (κ1) is 21.1. The lowest BCUT2D eigenvalue weighted by Gasteiger charge is -2.29. The second-order valence-corrected chi connectivity index (χ2v) is 6.99. The summed E-state index contributed by atoms with van der Waals surface area (Å²) >= 11 is 0. The maximum atomic E-state index is 4.45. The van der Waals surface area contributed by atoms with Crippen LogP contribution >= 0.6 is 24.8 Å². The lowest BCUT2D eigenvalue weighted by molar-refractivity contribution is 0.211. The number of nitrogens with one attached hydrogen (secondary N) is 1. The quantitative estimate of drug-likeness (QED) is 0.852. The molecule has 6 nitrogen and oxygen atoms in total. The summed E-state index contributed by atoms with van der Waals surface area (Å²) in [5.41, 5.74) is 1.20. The number of fused-ring (bicyclic) bond motifs is 1. The number of pyridine rings is 1. The number of hydrogen-bond donors (Lipinski definition) is 1. The van der Waals surface area contributed by atoms with E-state index in [0.717, 1.165) is 50.0 Å². The highest BCUT2D eigenvalue weighted by Crippen LogP contribution is 2.16. The van der Waals surface area contributed by atoms with Gasteiger partial charge in [-0.25, -0.2) is 0 Å². The van der Waals surface area contributed by atoms with Crippen LogP contribution in [0.15, 0.2) is 24.5 Å². The third kappa shape index (κ3) is 5.16. The molecule has 0 aliphatic carbocycles. The Labute approximate surface area is 167 Å². The minimum atomic E-state index is 0. The van der Waals surface area contributed by atoms with E-state index >= 15 is 0 Å². The first-order valence-corrected chi connectivity index (χ1v) is 9.11. The Morgan fingerprint density at radius 2 is 2.08 bits per heavy atom. The van der Waals surface area contributed by atoms with Crippen LogP contribution in [0.1, 0.15) is 30.1 Å². The van der Waals surface area contributed by atoms with E-state index in [4.69, 9.17) is 0 Å². The maximum absolute atomic E-state index is 4.45. The van der Waals surface area contributed by atoms with Gasteiger partial charge in [0.1, 0.15) is 11.6 Å². The van der Waals surface area contributed by atoms with Crippen LogP contribution in [0.2, 0.25) is 0 Å². The zero-order valence-electron chi connectivity index (χ0n) is 15.0. The van der Waals surface area contributed by atoms with Crippen LogP contribution < -0.4 is 5.32 Å². The Morgan fingerprint density at radius 1 is 1.15 bits per heavy atom. The van der Waals surface area contributed by atoms with Gasteiger partial charge in [0.2, 0.25) is 0 Å². The Morgan fingerprint density at radius 3 is 2.85 bits per heavy atom. The van der Waals surface area contributed by atoms with Gasteiger partial charge in [0.15, 0.2) is 0 Å². The monoisotopic (exact) mass is 398 g/mol. The molecule has 0 saturated carbocycles. The minimum Gasteiger partial charge on any atom is -0.316 e. The molecule has 2 aromatic rings. The fourth-order valence-electron chi connectivity index (χ4n) is 3.87. The van der Waals surface area contributed by atoms with Crippen molar-refractivity contribution >= 4 is 24.8 Å². The van der Waals surface area contributed by atoms with Crippen LogP contribution in [0.5, 0.6) is 0 Å². The predicted molar refractivity (Wildman–Crippen MR) is 107 cm³/mol. The van der Waals surface area contributed by atoms with E-state index in [1.807, 2.05) is 18.5 Å². The second kappa shape index (κ2) is 10.2. The zero-order chi connectivity index (χ0) is 16.2. The van der Waals surface area contributed by atoms with E-state index in [0.29, 0.717) is 0 Å². The molecule has 2 aliphatic heterocycles. The molecule has 0 aromatic carbocycles. The summed E-state index contributed by atoms with van der Waals surface area (Å²) in [6, 6.07) is 4.09. The SMILES string of the molecule is Cl.Cl.c1cncc(Cc2nnc3n2CCN(CC2CCCNC2)CC3)c1. The topological polar surface area (TPSA) is 58.9 Å². The van der Waals surface area contributed by atoms with Crippen LogP contribution in [-0.2, 0) is 19.4 Å². The molecule has 1 saturated heterocycles. The first-order chi connectivity index (χ1) is 11.9. The van der Waals surface area contributed by atoms with Crippen LogP contribution in [0.3, 0.4) is 0 Å². The standard InChI is InChI=1S/C18H26N6.2ClH/c1-3-15(12-19-6-1)11-18-22-21-17-5-8-23(9-10-24(17)18)14-16-4-2-7-20-13-16;;/h1,3,6,12,16,20H,2,4-5,7-11,13-14H2;2*1H. The zero-order valence-corrected chi connectivity index (χ0v) is 16.6. The third-order valence-corrected chi connectivity index (χ3v) is 5.20. The molecular formula is C18H28Cl2N6. The van der Waals surface area contributed by atoms with Crippen LogP contribution in [0, 0.1) is 5.92 Å². The molecule has 0 amide bonds. The summed E-state index contributed by atoms with van der Waals surface area (Å²) in [5, 5.41) is 12.4. The van der Waals surface area contributed by atoms with Gasteiger partial charge in [-0.1, -0.05) is 6.07 Å². The van der Waals surface area contributed by atoms with Gasteiger partial charge < -0.3 is 14.8 Å². The van der Waals surface area contributed by atoms with E-state index in [2.05, 4.69) is 36.0 Å². The number of piperidine rings is 1. The van der Waals surface area contributed by atoms with E-state index in [1.54, 1.807) is 0 Å². The van der Waals surface area contributed by atoms with Gasteiger partial charge in [-0.05, 0) is 43.5 Å². The first-order valence-electron chi connectivity index (χ1n) is 9.11. The number of hydrogen-bond acceptors (Lipinski definition) is 5. The third-order valence-electron chi connectivity index (χ3n) is 5.20. The molecule has 1 N–H and O–H groups in total. The maximum Gasteiger partial charge on any atom is 0.137 e. The molecule has 1 unspecified atom stereocenters. The van der Waals surface area contributed by atoms with Gasteiger partial charge >= 0.3 is 0 Å². The van der Waals surface area contributed by atoms with E-state index in [9.17, 15) is 0 Å². The summed E-state index contributed by atoms with van der Waals surface area (Å²) in [6.45, 7) is 6.77. The van der Waals surface area contributed by atoms with E-state index < -0.39 is 0 Å². The molecule has 8 heteroatoms. The van der Waals surface area contributed by atoms with Crippen molar-refractivity contribution < 1.29 is 0 Å². The van der Waals surface area contributed by atoms with Crippen molar-refractivity contribution in [1.29, 1.82) is 0 Å². The van der Waals surface area contributed by atoms with Crippen molar-refractivity contribution in [1.82, 2.24) is 30.0 Å². The Bertz CT molecular complexity index is 657. The van der Waals surface area contributed by atoms with Crippen molar-refractivity contribution in [2.75, 3.05) is 32.7 Å². The summed E-state index contributed by atoms with van der Waals surface area (Å²) < 4.78 is 2.33. The highest BCUT2D eigenvalue weighted by molar-refractivity contribution is 5.85. The molecule has 0 radical (unpaired) electrons. The van der Waals surface area contributed by atoms with Gasteiger partial charge in [0.05, 0.1) is 0 Å². The van der Waals surface area contributed by atoms with Crippen molar-refractivity contribution in [3.63, 3.8) is 0 Å². The lowest BCUT2D eigenvalue weighted by atomic mass is 9.99. The van der Waals surface area contributed by atoms with Crippen LogP contribution in [0.4, 0.5) is 0 Å². The van der Waals surface area contributed by atoms with Gasteiger partial charge in [-0.3, -0.25) is 4.98 Å². The Hall–Kier alpha value is -1.21. The second-order valence-electron chi connectivity index (χ2n) is 6.99. The van der Waals surface area contributed by atoms with Crippen molar-refractivity contribution in [3.8, 4) is 0 Å². The Balaban J connectivity index is 0.00000121. The molecule has 4 rings (SSSR count). The fraction of sp³-hybridized carbons (Fsp3) is 0.611. The molecular weight excluding hydrogens is 371 g/mol. The molecule has 4 heterocycles. The lowest BCUT2D eigenvalue weighted by Crippen LogP contribution is -2.39. The van der Waals surface area contributed by atoms with Gasteiger partial charge in [0.25, 0.3) is 0 Å². The van der Waals surface area contributed by atoms with Crippen molar-refractivity contribution in [2.45, 2.75) is 32.2 Å². The number of aromatic nitrogens is 4. The molecule has 1 fully saturated rings.